The van der Waals surface area contributed by atoms with Gasteiger partial charge in [-0.15, -0.1) is 0 Å². The van der Waals surface area contributed by atoms with Gasteiger partial charge in [0.05, 0.1) is 0 Å². The summed E-state index contributed by atoms with van der Waals surface area (Å²) in [7, 11) is 0. The molecule has 1 atom stereocenters. The molecule has 0 aliphatic heterocycles. The Labute approximate surface area is 134 Å². The molecular weight excluding hydrogens is 328 g/mol. The van der Waals surface area contributed by atoms with Crippen molar-refractivity contribution in [3.05, 3.63) is 58.3 Å². The zero-order valence-electron chi connectivity index (χ0n) is 12.5. The second-order valence-electron chi connectivity index (χ2n) is 5.00. The molecular formula is C17H21BrN2O. The average molecular weight is 349 g/mol. The highest BCUT2D eigenvalue weighted by atomic mass is 79.9. The van der Waals surface area contributed by atoms with Crippen molar-refractivity contribution in [1.82, 2.24) is 10.3 Å². The molecule has 4 heteroatoms. The summed E-state index contributed by atoms with van der Waals surface area (Å²) < 4.78 is 7.03. The van der Waals surface area contributed by atoms with E-state index in [1.807, 2.05) is 18.2 Å². The van der Waals surface area contributed by atoms with E-state index in [1.165, 1.54) is 5.56 Å². The van der Waals surface area contributed by atoms with Gasteiger partial charge in [0, 0.05) is 28.5 Å². The molecule has 0 fully saturated rings. The van der Waals surface area contributed by atoms with E-state index in [1.54, 1.807) is 12.4 Å². The highest BCUT2D eigenvalue weighted by Crippen LogP contribution is 2.29. The third-order valence-corrected chi connectivity index (χ3v) is 3.78. The number of pyridine rings is 1. The predicted molar refractivity (Wildman–Crippen MR) is 89.4 cm³/mol. The number of hydrogen-bond donors (Lipinski definition) is 1. The van der Waals surface area contributed by atoms with Crippen LogP contribution in [0.15, 0.2) is 47.2 Å². The molecule has 0 bridgehead atoms. The Kier molecular flexibility index (Phi) is 6.21. The molecule has 1 unspecified atom stereocenters. The molecule has 1 aromatic carbocycles. The van der Waals surface area contributed by atoms with Gasteiger partial charge in [0.15, 0.2) is 0 Å². The number of aromatic nitrogens is 1. The second kappa shape index (κ2) is 8.15. The Morgan fingerprint density at radius 3 is 2.71 bits per heavy atom. The van der Waals surface area contributed by atoms with Gasteiger partial charge in [-0.05, 0) is 49.7 Å². The van der Waals surface area contributed by atoms with E-state index >= 15 is 0 Å². The highest BCUT2D eigenvalue weighted by Gasteiger charge is 2.11. The van der Waals surface area contributed by atoms with Crippen molar-refractivity contribution in [3.8, 4) is 5.75 Å². The zero-order chi connectivity index (χ0) is 15.1. The summed E-state index contributed by atoms with van der Waals surface area (Å²) in [6.45, 7) is 5.88. The lowest BCUT2D eigenvalue weighted by atomic mass is 10.1. The summed E-state index contributed by atoms with van der Waals surface area (Å²) in [6, 6.07) is 10.4. The first-order valence-corrected chi connectivity index (χ1v) is 8.04. The Morgan fingerprint density at radius 2 is 2.00 bits per heavy atom. The Morgan fingerprint density at radius 1 is 1.24 bits per heavy atom. The first kappa shape index (κ1) is 16.0. The van der Waals surface area contributed by atoms with E-state index in [0.717, 1.165) is 28.8 Å². The largest absolute Gasteiger partial charge is 0.489 e. The van der Waals surface area contributed by atoms with Gasteiger partial charge < -0.3 is 10.1 Å². The molecule has 2 rings (SSSR count). The summed E-state index contributed by atoms with van der Waals surface area (Å²) >= 11 is 3.51. The molecule has 1 aromatic heterocycles. The van der Waals surface area contributed by atoms with E-state index in [9.17, 15) is 0 Å². The molecule has 2 aromatic rings. The first-order chi connectivity index (χ1) is 10.2. The van der Waals surface area contributed by atoms with E-state index in [-0.39, 0.29) is 6.04 Å². The zero-order valence-corrected chi connectivity index (χ0v) is 14.1. The fraction of sp³-hybridized carbons (Fsp3) is 0.353. The summed E-state index contributed by atoms with van der Waals surface area (Å²) in [5.74, 6) is 0.914. The predicted octanol–water partition coefficient (Wildman–Crippen LogP) is 4.48. The molecule has 0 aliphatic carbocycles. The van der Waals surface area contributed by atoms with Gasteiger partial charge in [0.25, 0.3) is 0 Å². The second-order valence-corrected chi connectivity index (χ2v) is 5.92. The summed E-state index contributed by atoms with van der Waals surface area (Å²) in [5, 5.41) is 3.50. The van der Waals surface area contributed by atoms with Crippen LogP contribution in [0.2, 0.25) is 0 Å². The van der Waals surface area contributed by atoms with Crippen LogP contribution in [0.1, 0.15) is 37.4 Å². The third-order valence-electron chi connectivity index (χ3n) is 3.29. The Balaban J connectivity index is 2.11. The molecule has 1 N–H and O–H groups in total. The van der Waals surface area contributed by atoms with Crippen LogP contribution in [0.25, 0.3) is 0 Å². The lowest BCUT2D eigenvalue weighted by Crippen LogP contribution is -2.20. The minimum Gasteiger partial charge on any atom is -0.489 e. The van der Waals surface area contributed by atoms with Crippen molar-refractivity contribution in [2.45, 2.75) is 32.9 Å². The van der Waals surface area contributed by atoms with E-state index in [4.69, 9.17) is 4.74 Å². The van der Waals surface area contributed by atoms with Gasteiger partial charge in [0.1, 0.15) is 12.4 Å². The molecule has 0 saturated heterocycles. The van der Waals surface area contributed by atoms with Crippen LogP contribution in [-0.2, 0) is 6.61 Å². The molecule has 0 amide bonds. The minimum absolute atomic E-state index is 0.269. The lowest BCUT2D eigenvalue weighted by molar-refractivity contribution is 0.299. The molecule has 0 radical (unpaired) electrons. The molecule has 0 aliphatic rings. The maximum atomic E-state index is 6.01. The third kappa shape index (κ3) is 4.83. The van der Waals surface area contributed by atoms with Crippen LogP contribution in [0.4, 0.5) is 0 Å². The smallest absolute Gasteiger partial charge is 0.125 e. The number of hydrogen-bond acceptors (Lipinski definition) is 3. The number of rotatable bonds is 7. The maximum Gasteiger partial charge on any atom is 0.125 e. The first-order valence-electron chi connectivity index (χ1n) is 7.25. The highest BCUT2D eigenvalue weighted by molar-refractivity contribution is 9.10. The normalized spacial score (nSPS) is 12.1. The Hall–Kier alpha value is -1.39. The number of halogens is 1. The molecule has 3 nitrogen and oxygen atoms in total. The van der Waals surface area contributed by atoms with Crippen LogP contribution >= 0.6 is 15.9 Å². The van der Waals surface area contributed by atoms with Crippen molar-refractivity contribution in [1.29, 1.82) is 0 Å². The average Bonchev–Trinajstić information content (AvgIpc) is 2.51. The van der Waals surface area contributed by atoms with Crippen molar-refractivity contribution >= 4 is 15.9 Å². The van der Waals surface area contributed by atoms with Crippen molar-refractivity contribution in [2.24, 2.45) is 0 Å². The molecule has 112 valence electrons. The fourth-order valence-electron chi connectivity index (χ4n) is 2.10. The van der Waals surface area contributed by atoms with Crippen LogP contribution < -0.4 is 10.1 Å². The standard InChI is InChI=1S/C17H21BrN2O/c1-3-8-20-13(2)16-5-4-15(18)11-17(16)21-12-14-6-9-19-10-7-14/h4-7,9-11,13,20H,3,8,12H2,1-2H3. The SMILES string of the molecule is CCCNC(C)c1ccc(Br)cc1OCc1ccncc1. The van der Waals surface area contributed by atoms with Gasteiger partial charge in [-0.2, -0.15) is 0 Å². The van der Waals surface area contributed by atoms with Crippen molar-refractivity contribution in [3.63, 3.8) is 0 Å². The minimum atomic E-state index is 0.269. The van der Waals surface area contributed by atoms with E-state index in [0.29, 0.717) is 6.61 Å². The van der Waals surface area contributed by atoms with Crippen LogP contribution in [0, 0.1) is 0 Å². The van der Waals surface area contributed by atoms with Crippen LogP contribution in [0.3, 0.4) is 0 Å². The van der Waals surface area contributed by atoms with Gasteiger partial charge in [-0.1, -0.05) is 28.9 Å². The number of nitrogens with one attached hydrogen (secondary N) is 1. The number of ether oxygens (including phenoxy) is 1. The fourth-order valence-corrected chi connectivity index (χ4v) is 2.44. The quantitative estimate of drug-likeness (QED) is 0.800. The van der Waals surface area contributed by atoms with Gasteiger partial charge in [-0.25, -0.2) is 0 Å². The molecule has 0 spiro atoms. The maximum absolute atomic E-state index is 6.01. The molecule has 0 saturated carbocycles. The van der Waals surface area contributed by atoms with Crippen molar-refractivity contribution in [2.75, 3.05) is 6.54 Å². The number of benzene rings is 1. The topological polar surface area (TPSA) is 34.1 Å². The van der Waals surface area contributed by atoms with E-state index < -0.39 is 0 Å². The molecule has 1 heterocycles. The summed E-state index contributed by atoms with van der Waals surface area (Å²) in [5.41, 5.74) is 2.30. The van der Waals surface area contributed by atoms with Gasteiger partial charge in [-0.3, -0.25) is 4.98 Å². The van der Waals surface area contributed by atoms with Crippen LogP contribution in [0.5, 0.6) is 5.75 Å². The summed E-state index contributed by atoms with van der Waals surface area (Å²) in [6.07, 6.45) is 4.69. The van der Waals surface area contributed by atoms with Gasteiger partial charge >= 0.3 is 0 Å². The Bertz CT molecular complexity index is 560. The summed E-state index contributed by atoms with van der Waals surface area (Å²) in [4.78, 5) is 4.02. The van der Waals surface area contributed by atoms with Crippen LogP contribution in [-0.4, -0.2) is 11.5 Å². The molecule has 21 heavy (non-hydrogen) atoms. The lowest BCUT2D eigenvalue weighted by Gasteiger charge is -2.18. The van der Waals surface area contributed by atoms with Gasteiger partial charge in [0.2, 0.25) is 0 Å². The monoisotopic (exact) mass is 348 g/mol. The number of nitrogens with zero attached hydrogens (tertiary/aromatic N) is 1. The van der Waals surface area contributed by atoms with Crippen molar-refractivity contribution < 1.29 is 4.74 Å². The van der Waals surface area contributed by atoms with E-state index in [2.05, 4.69) is 52.2 Å².